The van der Waals surface area contributed by atoms with E-state index in [2.05, 4.69) is 24.3 Å². The zero-order chi connectivity index (χ0) is 26.5. The minimum atomic E-state index is -0.451. The van der Waals surface area contributed by atoms with Crippen molar-refractivity contribution >= 4 is 11.9 Å². The van der Waals surface area contributed by atoms with Crippen LogP contribution in [0.5, 0.6) is 0 Å². The van der Waals surface area contributed by atoms with Crippen LogP contribution in [0.2, 0.25) is 0 Å². The highest BCUT2D eigenvalue weighted by Gasteiger charge is 2.28. The van der Waals surface area contributed by atoms with Crippen LogP contribution in [0, 0.1) is 0 Å². The fourth-order valence-corrected chi connectivity index (χ4v) is 4.26. The molecule has 0 N–H and O–H groups in total. The summed E-state index contributed by atoms with van der Waals surface area (Å²) in [7, 11) is 0. The molecular formula is C30H40O7. The van der Waals surface area contributed by atoms with Gasteiger partial charge in [0.1, 0.15) is 12.2 Å². The summed E-state index contributed by atoms with van der Waals surface area (Å²) >= 11 is 0. The molecular weight excluding hydrogens is 472 g/mol. The van der Waals surface area contributed by atoms with Gasteiger partial charge in [-0.15, -0.1) is 0 Å². The number of rotatable bonds is 16. The second-order valence-electron chi connectivity index (χ2n) is 10.0. The molecule has 202 valence electrons. The van der Waals surface area contributed by atoms with E-state index in [-0.39, 0.29) is 17.9 Å². The Hall–Kier alpha value is -2.74. The van der Waals surface area contributed by atoms with Crippen molar-refractivity contribution in [2.24, 2.45) is 0 Å². The van der Waals surface area contributed by atoms with Gasteiger partial charge in [0, 0.05) is 32.0 Å². The van der Waals surface area contributed by atoms with Gasteiger partial charge in [0.25, 0.3) is 0 Å². The molecule has 0 fully saturated rings. The second-order valence-corrected chi connectivity index (χ2v) is 10.0. The fraction of sp³-hybridized carbons (Fsp3) is 0.533. The Balaban J connectivity index is 1.16. The monoisotopic (exact) mass is 512 g/mol. The Morgan fingerprint density at radius 1 is 0.676 bits per heavy atom. The number of fused-ring (bicyclic) bond motifs is 3. The van der Waals surface area contributed by atoms with Crippen LogP contribution < -0.4 is 0 Å². The molecule has 2 aromatic rings. The Labute approximate surface area is 220 Å². The third-order valence-electron chi connectivity index (χ3n) is 5.88. The lowest BCUT2D eigenvalue weighted by atomic mass is 9.98. The van der Waals surface area contributed by atoms with Gasteiger partial charge in [-0.2, -0.15) is 0 Å². The van der Waals surface area contributed by atoms with Crippen LogP contribution in [0.4, 0.5) is 0 Å². The molecule has 1 aliphatic rings. The van der Waals surface area contributed by atoms with Crippen LogP contribution in [0.15, 0.2) is 48.5 Å². The zero-order valence-electron chi connectivity index (χ0n) is 22.3. The number of hydrogen-bond acceptors (Lipinski definition) is 7. The number of carbonyl (C=O) groups excluding carboxylic acids is 2. The molecule has 2 aromatic carbocycles. The largest absolute Gasteiger partial charge is 0.465 e. The highest BCUT2D eigenvalue weighted by molar-refractivity contribution is 5.79. The summed E-state index contributed by atoms with van der Waals surface area (Å²) in [6, 6.07) is 16.6. The number of ether oxygens (including phenoxy) is 5. The van der Waals surface area contributed by atoms with Gasteiger partial charge in [-0.25, -0.2) is 0 Å². The summed E-state index contributed by atoms with van der Waals surface area (Å²) in [5, 5.41) is 0. The van der Waals surface area contributed by atoms with Crippen molar-refractivity contribution in [3.63, 3.8) is 0 Å². The molecule has 7 nitrogen and oxygen atoms in total. The molecule has 0 atom stereocenters. The van der Waals surface area contributed by atoms with Gasteiger partial charge in [-0.05, 0) is 55.9 Å². The first kappa shape index (κ1) is 28.8. The van der Waals surface area contributed by atoms with Crippen molar-refractivity contribution in [2.75, 3.05) is 46.2 Å². The summed E-state index contributed by atoms with van der Waals surface area (Å²) in [5.74, 6) is -0.327. The summed E-state index contributed by atoms with van der Waals surface area (Å²) in [4.78, 5) is 23.9. The lowest BCUT2D eigenvalue weighted by Crippen LogP contribution is -2.23. The molecule has 3 rings (SSSR count). The Kier molecular flexibility index (Phi) is 11.6. The van der Waals surface area contributed by atoms with E-state index in [1.54, 1.807) is 0 Å². The van der Waals surface area contributed by atoms with Crippen LogP contribution in [0.25, 0.3) is 11.1 Å². The molecule has 0 saturated heterocycles. The first-order valence-corrected chi connectivity index (χ1v) is 13.1. The maximum atomic E-state index is 12.3. The standard InChI is InChI=1S/C30H40O7/c1-30(2,3)37-29(32)15-9-17-34-19-21-35-20-18-33-16-8-14-28(31)36-22-27-25-12-6-4-10-23(25)24-11-5-7-13-26(24)27/h4-7,10-13,27H,8-9,14-22H2,1-3H3. The Morgan fingerprint density at radius 3 is 1.65 bits per heavy atom. The second kappa shape index (κ2) is 14.9. The molecule has 1 aliphatic carbocycles. The van der Waals surface area contributed by atoms with E-state index in [4.69, 9.17) is 23.7 Å². The van der Waals surface area contributed by atoms with E-state index in [0.717, 1.165) is 0 Å². The molecule has 0 amide bonds. The molecule has 0 spiro atoms. The Bertz CT molecular complexity index is 950. The van der Waals surface area contributed by atoms with Crippen LogP contribution >= 0.6 is 0 Å². The predicted octanol–water partition coefficient (Wildman–Crippen LogP) is 5.29. The lowest BCUT2D eigenvalue weighted by Gasteiger charge is -2.19. The maximum absolute atomic E-state index is 12.3. The third kappa shape index (κ3) is 9.91. The van der Waals surface area contributed by atoms with E-state index < -0.39 is 5.60 Å². The molecule has 0 aromatic heterocycles. The molecule has 7 heteroatoms. The number of benzene rings is 2. The average molecular weight is 513 g/mol. The SMILES string of the molecule is CC(C)(C)OC(=O)CCCOCCOCCOCCCC(=O)OCC1c2ccccc2-c2ccccc21. The Morgan fingerprint density at radius 2 is 1.14 bits per heavy atom. The summed E-state index contributed by atoms with van der Waals surface area (Å²) in [6.07, 6.45) is 1.91. The molecule has 0 aliphatic heterocycles. The topological polar surface area (TPSA) is 80.3 Å². The fourth-order valence-electron chi connectivity index (χ4n) is 4.26. The summed E-state index contributed by atoms with van der Waals surface area (Å²) in [5.41, 5.74) is 4.42. The smallest absolute Gasteiger partial charge is 0.306 e. The van der Waals surface area contributed by atoms with Gasteiger partial charge < -0.3 is 23.7 Å². The third-order valence-corrected chi connectivity index (χ3v) is 5.88. The van der Waals surface area contributed by atoms with Crippen LogP contribution in [-0.4, -0.2) is 63.8 Å². The first-order chi connectivity index (χ1) is 17.8. The maximum Gasteiger partial charge on any atom is 0.306 e. The zero-order valence-corrected chi connectivity index (χ0v) is 22.3. The minimum absolute atomic E-state index is 0.0821. The number of carbonyl (C=O) groups is 2. The van der Waals surface area contributed by atoms with Crippen molar-refractivity contribution in [3.8, 4) is 11.1 Å². The summed E-state index contributed by atoms with van der Waals surface area (Å²) < 4.78 is 27.3. The number of esters is 2. The van der Waals surface area contributed by atoms with Crippen molar-refractivity contribution < 1.29 is 33.3 Å². The van der Waals surface area contributed by atoms with Gasteiger partial charge in [0.2, 0.25) is 0 Å². The van der Waals surface area contributed by atoms with Crippen molar-refractivity contribution in [2.45, 2.75) is 58.0 Å². The minimum Gasteiger partial charge on any atom is -0.465 e. The normalized spacial score (nSPS) is 12.7. The van der Waals surface area contributed by atoms with Crippen LogP contribution in [-0.2, 0) is 33.3 Å². The number of hydrogen-bond donors (Lipinski definition) is 0. The van der Waals surface area contributed by atoms with Crippen LogP contribution in [0.3, 0.4) is 0 Å². The van der Waals surface area contributed by atoms with Gasteiger partial charge in [0.05, 0.1) is 26.4 Å². The van der Waals surface area contributed by atoms with Gasteiger partial charge >= 0.3 is 11.9 Å². The van der Waals surface area contributed by atoms with E-state index in [9.17, 15) is 9.59 Å². The molecule has 0 unspecified atom stereocenters. The molecule has 0 saturated carbocycles. The van der Waals surface area contributed by atoms with Crippen molar-refractivity contribution in [1.82, 2.24) is 0 Å². The molecule has 0 heterocycles. The van der Waals surface area contributed by atoms with Gasteiger partial charge in [-0.1, -0.05) is 48.5 Å². The first-order valence-electron chi connectivity index (χ1n) is 13.1. The average Bonchev–Trinajstić information content (AvgIpc) is 3.18. The predicted molar refractivity (Wildman–Crippen MR) is 141 cm³/mol. The summed E-state index contributed by atoms with van der Waals surface area (Å²) in [6.45, 7) is 8.75. The van der Waals surface area contributed by atoms with Gasteiger partial charge in [0.15, 0.2) is 0 Å². The van der Waals surface area contributed by atoms with E-state index >= 15 is 0 Å². The van der Waals surface area contributed by atoms with Crippen LogP contribution in [0.1, 0.15) is 63.5 Å². The van der Waals surface area contributed by atoms with E-state index in [1.807, 2.05) is 45.0 Å². The highest BCUT2D eigenvalue weighted by Crippen LogP contribution is 2.44. The van der Waals surface area contributed by atoms with Gasteiger partial charge in [-0.3, -0.25) is 9.59 Å². The van der Waals surface area contributed by atoms with Crippen molar-refractivity contribution in [1.29, 1.82) is 0 Å². The van der Waals surface area contributed by atoms with E-state index in [0.29, 0.717) is 71.9 Å². The molecule has 0 bridgehead atoms. The highest BCUT2D eigenvalue weighted by atomic mass is 16.6. The lowest BCUT2D eigenvalue weighted by molar-refractivity contribution is -0.155. The quantitative estimate of drug-likeness (QED) is 0.223. The van der Waals surface area contributed by atoms with Crippen molar-refractivity contribution in [3.05, 3.63) is 59.7 Å². The molecule has 0 radical (unpaired) electrons. The van der Waals surface area contributed by atoms with E-state index in [1.165, 1.54) is 22.3 Å². The molecule has 37 heavy (non-hydrogen) atoms.